The smallest absolute Gasteiger partial charge is 0.367 e. The van der Waals surface area contributed by atoms with Crippen LogP contribution in [0.3, 0.4) is 0 Å². The van der Waals surface area contributed by atoms with Gasteiger partial charge in [-0.25, -0.2) is 13.1 Å². The Bertz CT molecular complexity index is 965. The number of carbonyl (C=O) groups is 1. The standard InChI is InChI=1S/C17H13F3N2O4S/c18-17(19,20)11-26-10-12-4-6-14(7-5-12)16(23)22-27(24,25)15-3-1-2-13(8-15)9-21/h1-8H,10-11H2,(H,22,23). The molecule has 1 N–H and O–H groups in total. The van der Waals surface area contributed by atoms with E-state index in [0.29, 0.717) is 5.56 Å². The molecule has 0 fully saturated rings. The van der Waals surface area contributed by atoms with Crippen LogP contribution in [0.5, 0.6) is 0 Å². The van der Waals surface area contributed by atoms with Gasteiger partial charge in [0.1, 0.15) is 6.61 Å². The van der Waals surface area contributed by atoms with E-state index in [2.05, 4.69) is 4.74 Å². The van der Waals surface area contributed by atoms with Crippen LogP contribution >= 0.6 is 0 Å². The summed E-state index contributed by atoms with van der Waals surface area (Å²) in [5.74, 6) is -0.917. The second kappa shape index (κ2) is 8.20. The van der Waals surface area contributed by atoms with Crippen molar-refractivity contribution in [1.82, 2.24) is 4.72 Å². The van der Waals surface area contributed by atoms with E-state index in [1.807, 2.05) is 4.72 Å². The van der Waals surface area contributed by atoms with E-state index in [4.69, 9.17) is 5.26 Å². The van der Waals surface area contributed by atoms with Gasteiger partial charge in [-0.1, -0.05) is 18.2 Å². The third kappa shape index (κ3) is 6.09. The zero-order chi connectivity index (χ0) is 20.1. The molecule has 0 aliphatic rings. The summed E-state index contributed by atoms with van der Waals surface area (Å²) in [5.41, 5.74) is 0.503. The maximum absolute atomic E-state index is 12.2. The molecule has 0 atom stereocenters. The maximum atomic E-state index is 12.2. The molecule has 0 aromatic heterocycles. The number of benzene rings is 2. The quantitative estimate of drug-likeness (QED) is 0.807. The fourth-order valence-corrected chi connectivity index (χ4v) is 3.03. The molecule has 0 aliphatic carbocycles. The fourth-order valence-electron chi connectivity index (χ4n) is 2.01. The Morgan fingerprint density at radius 3 is 2.41 bits per heavy atom. The molecule has 0 unspecified atom stereocenters. The molecule has 0 spiro atoms. The Morgan fingerprint density at radius 1 is 1.15 bits per heavy atom. The summed E-state index contributed by atoms with van der Waals surface area (Å²) < 4.78 is 66.9. The molecule has 142 valence electrons. The molecule has 27 heavy (non-hydrogen) atoms. The Morgan fingerprint density at radius 2 is 1.81 bits per heavy atom. The zero-order valence-corrected chi connectivity index (χ0v) is 14.5. The van der Waals surface area contributed by atoms with Crippen molar-refractivity contribution < 1.29 is 31.1 Å². The lowest BCUT2D eigenvalue weighted by molar-refractivity contribution is -0.176. The van der Waals surface area contributed by atoms with Gasteiger partial charge >= 0.3 is 6.18 Å². The predicted octanol–water partition coefficient (Wildman–Crippen LogP) is 2.76. The summed E-state index contributed by atoms with van der Waals surface area (Å²) in [5, 5.41) is 8.81. The second-order valence-corrected chi connectivity index (χ2v) is 7.06. The molecule has 0 radical (unpaired) electrons. The average molecular weight is 398 g/mol. The topological polar surface area (TPSA) is 96.3 Å². The van der Waals surface area contributed by atoms with Gasteiger partial charge in [0.05, 0.1) is 23.1 Å². The van der Waals surface area contributed by atoms with E-state index < -0.39 is 28.7 Å². The number of halogens is 3. The average Bonchev–Trinajstić information content (AvgIpc) is 2.61. The number of hydrogen-bond acceptors (Lipinski definition) is 5. The monoisotopic (exact) mass is 398 g/mol. The fraction of sp³-hybridized carbons (Fsp3) is 0.176. The SMILES string of the molecule is N#Cc1cccc(S(=O)(=O)NC(=O)c2ccc(COCC(F)(F)F)cc2)c1. The van der Waals surface area contributed by atoms with Crippen molar-refractivity contribution in [3.63, 3.8) is 0 Å². The summed E-state index contributed by atoms with van der Waals surface area (Å²) >= 11 is 0. The van der Waals surface area contributed by atoms with Gasteiger partial charge < -0.3 is 4.74 Å². The van der Waals surface area contributed by atoms with Crippen molar-refractivity contribution in [2.75, 3.05) is 6.61 Å². The first-order chi connectivity index (χ1) is 12.6. The summed E-state index contributed by atoms with van der Waals surface area (Å²) in [6.07, 6.45) is -4.43. The molecule has 6 nitrogen and oxygen atoms in total. The van der Waals surface area contributed by atoms with Gasteiger partial charge in [0.15, 0.2) is 0 Å². The minimum atomic E-state index is -4.43. The number of rotatable bonds is 6. The lowest BCUT2D eigenvalue weighted by Gasteiger charge is -2.09. The van der Waals surface area contributed by atoms with Crippen LogP contribution in [0.25, 0.3) is 0 Å². The number of hydrogen-bond donors (Lipinski definition) is 1. The van der Waals surface area contributed by atoms with Crippen molar-refractivity contribution in [2.45, 2.75) is 17.7 Å². The van der Waals surface area contributed by atoms with E-state index in [-0.39, 0.29) is 22.6 Å². The molecule has 2 aromatic rings. The molecule has 1 amide bonds. The van der Waals surface area contributed by atoms with E-state index in [0.717, 1.165) is 6.07 Å². The van der Waals surface area contributed by atoms with Gasteiger partial charge in [-0.3, -0.25) is 4.79 Å². The minimum absolute atomic E-state index is 0.00501. The van der Waals surface area contributed by atoms with E-state index in [9.17, 15) is 26.4 Å². The van der Waals surface area contributed by atoms with Gasteiger partial charge in [0, 0.05) is 5.56 Å². The minimum Gasteiger partial charge on any atom is -0.367 e. The van der Waals surface area contributed by atoms with Gasteiger partial charge in [-0.2, -0.15) is 18.4 Å². The lowest BCUT2D eigenvalue weighted by atomic mass is 10.1. The predicted molar refractivity (Wildman–Crippen MR) is 88.0 cm³/mol. The van der Waals surface area contributed by atoms with Crippen molar-refractivity contribution in [3.8, 4) is 6.07 Å². The normalized spacial score (nSPS) is 11.6. The summed E-state index contributed by atoms with van der Waals surface area (Å²) in [7, 11) is -4.18. The molecule has 2 aromatic carbocycles. The molecular weight excluding hydrogens is 385 g/mol. The van der Waals surface area contributed by atoms with Crippen LogP contribution in [-0.4, -0.2) is 27.1 Å². The Balaban J connectivity index is 2.04. The molecule has 0 bridgehead atoms. The molecule has 0 heterocycles. The number of nitrogens with zero attached hydrogens (tertiary/aromatic N) is 1. The maximum Gasteiger partial charge on any atom is 0.411 e. The van der Waals surface area contributed by atoms with E-state index in [1.54, 1.807) is 6.07 Å². The third-order valence-corrected chi connectivity index (χ3v) is 4.58. The number of nitriles is 1. The summed E-state index contributed by atoms with van der Waals surface area (Å²) in [6, 6.07) is 12.2. The number of amides is 1. The van der Waals surface area contributed by atoms with Crippen LogP contribution in [0.4, 0.5) is 13.2 Å². The van der Waals surface area contributed by atoms with Crippen LogP contribution in [0.1, 0.15) is 21.5 Å². The highest BCUT2D eigenvalue weighted by atomic mass is 32.2. The van der Waals surface area contributed by atoms with Crippen LogP contribution < -0.4 is 4.72 Å². The van der Waals surface area contributed by atoms with Gasteiger partial charge in [-0.15, -0.1) is 0 Å². The lowest BCUT2D eigenvalue weighted by Crippen LogP contribution is -2.30. The van der Waals surface area contributed by atoms with Crippen molar-refractivity contribution in [1.29, 1.82) is 5.26 Å². The Kier molecular flexibility index (Phi) is 6.20. The van der Waals surface area contributed by atoms with E-state index in [1.165, 1.54) is 42.5 Å². The van der Waals surface area contributed by atoms with Crippen molar-refractivity contribution >= 4 is 15.9 Å². The third-order valence-electron chi connectivity index (χ3n) is 3.25. The highest BCUT2D eigenvalue weighted by Gasteiger charge is 2.27. The van der Waals surface area contributed by atoms with Crippen molar-refractivity contribution in [3.05, 3.63) is 65.2 Å². The molecule has 10 heteroatoms. The first kappa shape index (κ1) is 20.4. The highest BCUT2D eigenvalue weighted by Crippen LogP contribution is 2.16. The van der Waals surface area contributed by atoms with Crippen LogP contribution in [0, 0.1) is 11.3 Å². The van der Waals surface area contributed by atoms with Crippen LogP contribution in [0.15, 0.2) is 53.4 Å². The number of sulfonamides is 1. The number of ether oxygens (including phenoxy) is 1. The number of alkyl halides is 3. The van der Waals surface area contributed by atoms with Gasteiger partial charge in [-0.05, 0) is 35.9 Å². The molecule has 0 saturated carbocycles. The Labute approximate surface area is 153 Å². The molecule has 0 aliphatic heterocycles. The van der Waals surface area contributed by atoms with Gasteiger partial charge in [0.25, 0.3) is 15.9 Å². The largest absolute Gasteiger partial charge is 0.411 e. The second-order valence-electron chi connectivity index (χ2n) is 5.38. The van der Waals surface area contributed by atoms with Crippen LogP contribution in [-0.2, 0) is 21.4 Å². The molecule has 0 saturated heterocycles. The molecule has 2 rings (SSSR count). The summed E-state index contributed by atoms with van der Waals surface area (Å²) in [4.78, 5) is 11.9. The van der Waals surface area contributed by atoms with E-state index >= 15 is 0 Å². The zero-order valence-electron chi connectivity index (χ0n) is 13.7. The van der Waals surface area contributed by atoms with Gasteiger partial charge in [0.2, 0.25) is 0 Å². The summed E-state index contributed by atoms with van der Waals surface area (Å²) in [6.45, 7) is -1.70. The number of nitrogens with one attached hydrogen (secondary N) is 1. The highest BCUT2D eigenvalue weighted by molar-refractivity contribution is 7.90. The first-order valence-corrected chi connectivity index (χ1v) is 8.90. The molecular formula is C17H13F3N2O4S. The first-order valence-electron chi connectivity index (χ1n) is 7.41. The number of carbonyl (C=O) groups excluding carboxylic acids is 1. The van der Waals surface area contributed by atoms with Crippen molar-refractivity contribution in [2.24, 2.45) is 0 Å². The Hall–Kier alpha value is -2.90. The van der Waals surface area contributed by atoms with Crippen LogP contribution in [0.2, 0.25) is 0 Å².